The van der Waals surface area contributed by atoms with E-state index in [4.69, 9.17) is 26.9 Å². The number of ether oxygens (including phenoxy) is 1. The Labute approximate surface area is 193 Å². The molecule has 0 radical (unpaired) electrons. The SMILES string of the molecule is CCCS(=O)n1c(=O)n(Cc2ccc(OC)cc2)c2nc(S(=N)(=O)CCCCl)nc(N)c21. The molecule has 3 rings (SSSR count). The van der Waals surface area contributed by atoms with E-state index < -0.39 is 26.4 Å². The number of methoxy groups -OCH3 is 1. The van der Waals surface area contributed by atoms with Crippen molar-refractivity contribution < 1.29 is 13.2 Å². The summed E-state index contributed by atoms with van der Waals surface area (Å²) in [7, 11) is -3.50. The monoisotopic (exact) mass is 500 g/mol. The molecule has 0 aliphatic rings. The van der Waals surface area contributed by atoms with Crippen LogP contribution in [0.15, 0.2) is 34.2 Å². The highest BCUT2D eigenvalue weighted by atomic mass is 35.5. The molecule has 2 atom stereocenters. The first kappa shape index (κ1) is 24.2. The summed E-state index contributed by atoms with van der Waals surface area (Å²) in [5, 5.41) is -0.269. The van der Waals surface area contributed by atoms with Gasteiger partial charge in [-0.25, -0.2) is 26.9 Å². The lowest BCUT2D eigenvalue weighted by atomic mass is 10.2. The zero-order chi connectivity index (χ0) is 23.5. The van der Waals surface area contributed by atoms with E-state index in [1.54, 1.807) is 31.4 Å². The lowest BCUT2D eigenvalue weighted by molar-refractivity contribution is 0.414. The summed E-state index contributed by atoms with van der Waals surface area (Å²) in [6.45, 7) is 1.95. The van der Waals surface area contributed by atoms with Gasteiger partial charge in [0.2, 0.25) is 5.16 Å². The van der Waals surface area contributed by atoms with Crippen LogP contribution < -0.4 is 16.2 Å². The minimum Gasteiger partial charge on any atom is -0.497 e. The number of hydrogen-bond donors (Lipinski definition) is 2. The summed E-state index contributed by atoms with van der Waals surface area (Å²) in [6, 6.07) is 7.09. The maximum absolute atomic E-state index is 13.3. The Kier molecular flexibility index (Phi) is 7.57. The lowest BCUT2D eigenvalue weighted by Gasteiger charge is -2.09. The summed E-state index contributed by atoms with van der Waals surface area (Å²) in [6.07, 6.45) is 0.924. The second kappa shape index (κ2) is 10.0. The highest BCUT2D eigenvalue weighted by Gasteiger charge is 2.25. The molecule has 2 unspecified atom stereocenters. The summed E-state index contributed by atoms with van der Waals surface area (Å²) < 4.78 is 41.5. The third kappa shape index (κ3) is 4.81. The number of fused-ring (bicyclic) bond motifs is 1. The molecule has 0 saturated heterocycles. The number of anilines is 1. The first-order valence-corrected chi connectivity index (χ1v) is 13.4. The van der Waals surface area contributed by atoms with Gasteiger partial charge in [0.25, 0.3) is 0 Å². The van der Waals surface area contributed by atoms with Gasteiger partial charge in [-0.3, -0.25) is 4.57 Å². The smallest absolute Gasteiger partial charge is 0.342 e. The molecular weight excluding hydrogens is 476 g/mol. The van der Waals surface area contributed by atoms with E-state index in [0.29, 0.717) is 18.6 Å². The van der Waals surface area contributed by atoms with Gasteiger partial charge < -0.3 is 10.5 Å². The van der Waals surface area contributed by atoms with E-state index in [0.717, 1.165) is 9.54 Å². The summed E-state index contributed by atoms with van der Waals surface area (Å²) in [5.41, 5.74) is 6.50. The van der Waals surface area contributed by atoms with Crippen molar-refractivity contribution in [2.45, 2.75) is 31.5 Å². The van der Waals surface area contributed by atoms with Crippen LogP contribution in [-0.2, 0) is 27.3 Å². The minimum absolute atomic E-state index is 0.0351. The van der Waals surface area contributed by atoms with Crippen LogP contribution in [0.1, 0.15) is 25.3 Å². The molecule has 0 fully saturated rings. The number of rotatable bonds is 10. The van der Waals surface area contributed by atoms with Gasteiger partial charge in [0.05, 0.1) is 13.7 Å². The van der Waals surface area contributed by atoms with E-state index in [1.165, 1.54) is 4.57 Å². The Morgan fingerprint density at radius 1 is 1.28 bits per heavy atom. The van der Waals surface area contributed by atoms with E-state index >= 15 is 0 Å². The molecule has 1 aromatic carbocycles. The lowest BCUT2D eigenvalue weighted by Crippen LogP contribution is -2.28. The highest BCUT2D eigenvalue weighted by Crippen LogP contribution is 2.22. The predicted octanol–water partition coefficient (Wildman–Crippen LogP) is 2.19. The van der Waals surface area contributed by atoms with Gasteiger partial charge in [0.1, 0.15) is 32.0 Å². The standard InChI is InChI=1S/C19H25ClN6O4S2/c1-3-10-31(28)26-15-16(21)23-18(32(22,29)11-4-9-20)24-17(15)25(19(26)27)12-13-5-7-14(30-2)8-6-13/h5-8,22H,3-4,9-12H2,1-2H3,(H2,21,23,24). The molecule has 0 saturated carbocycles. The fraction of sp³-hybridized carbons (Fsp3) is 0.421. The average molecular weight is 501 g/mol. The van der Waals surface area contributed by atoms with Gasteiger partial charge in [-0.1, -0.05) is 19.1 Å². The Morgan fingerprint density at radius 2 is 1.97 bits per heavy atom. The number of aromatic nitrogens is 4. The fourth-order valence-electron chi connectivity index (χ4n) is 3.13. The van der Waals surface area contributed by atoms with Crippen molar-refractivity contribution in [1.82, 2.24) is 18.5 Å². The molecule has 3 N–H and O–H groups in total. The van der Waals surface area contributed by atoms with Crippen molar-refractivity contribution in [2.75, 3.05) is 30.2 Å². The normalized spacial score (nSPS) is 14.3. The molecule has 0 spiro atoms. The molecular formula is C19H25ClN6O4S2. The van der Waals surface area contributed by atoms with Crippen molar-refractivity contribution in [2.24, 2.45) is 0 Å². The molecule has 10 nitrogen and oxygen atoms in total. The van der Waals surface area contributed by atoms with E-state index in [-0.39, 0.29) is 46.1 Å². The topological polar surface area (TPSA) is 146 Å². The molecule has 13 heteroatoms. The Balaban J connectivity index is 2.24. The summed E-state index contributed by atoms with van der Waals surface area (Å²) in [4.78, 5) is 21.6. The van der Waals surface area contributed by atoms with Gasteiger partial charge in [0.15, 0.2) is 11.5 Å². The number of benzene rings is 1. The van der Waals surface area contributed by atoms with Crippen LogP contribution >= 0.6 is 11.6 Å². The number of nitrogen functional groups attached to an aromatic ring is 1. The molecule has 0 aliphatic heterocycles. The highest BCUT2D eigenvalue weighted by molar-refractivity contribution is 7.92. The number of nitrogens with one attached hydrogen (secondary N) is 1. The zero-order valence-corrected chi connectivity index (χ0v) is 20.1. The van der Waals surface area contributed by atoms with Gasteiger partial charge in [-0.15, -0.1) is 11.6 Å². The Bertz CT molecular complexity index is 1300. The van der Waals surface area contributed by atoms with Crippen LogP contribution in [0.5, 0.6) is 5.75 Å². The quantitative estimate of drug-likeness (QED) is 0.320. The van der Waals surface area contributed by atoms with Crippen molar-refractivity contribution >= 4 is 49.3 Å². The number of halogens is 1. The first-order valence-electron chi connectivity index (χ1n) is 9.86. The van der Waals surface area contributed by atoms with E-state index in [1.807, 2.05) is 6.92 Å². The molecule has 0 aliphatic carbocycles. The van der Waals surface area contributed by atoms with Gasteiger partial charge in [-0.05, 0) is 30.5 Å². The van der Waals surface area contributed by atoms with Gasteiger partial charge in [0, 0.05) is 17.4 Å². The van der Waals surface area contributed by atoms with Crippen molar-refractivity contribution in [3.05, 3.63) is 40.3 Å². The van der Waals surface area contributed by atoms with Crippen LogP contribution in [0.25, 0.3) is 11.2 Å². The summed E-state index contributed by atoms with van der Waals surface area (Å²) in [5.74, 6) is 0.961. The number of nitrogens with two attached hydrogens (primary N) is 1. The minimum atomic E-state index is -3.37. The molecule has 2 heterocycles. The van der Waals surface area contributed by atoms with E-state index in [2.05, 4.69) is 9.97 Å². The molecule has 174 valence electrons. The van der Waals surface area contributed by atoms with Gasteiger partial charge in [-0.2, -0.15) is 4.98 Å². The van der Waals surface area contributed by atoms with Crippen LogP contribution in [-0.4, -0.2) is 51.4 Å². The van der Waals surface area contributed by atoms with Crippen LogP contribution in [0, 0.1) is 4.78 Å². The van der Waals surface area contributed by atoms with Crippen molar-refractivity contribution in [3.63, 3.8) is 0 Å². The zero-order valence-electron chi connectivity index (χ0n) is 17.7. The average Bonchev–Trinajstić information content (AvgIpc) is 3.05. The Hall–Kier alpha value is -2.44. The molecule has 0 amide bonds. The predicted molar refractivity (Wildman–Crippen MR) is 126 cm³/mol. The van der Waals surface area contributed by atoms with E-state index in [9.17, 15) is 13.2 Å². The molecule has 2 aromatic heterocycles. The maximum atomic E-state index is 13.3. The second-order valence-electron chi connectivity index (χ2n) is 7.02. The number of imidazole rings is 1. The van der Waals surface area contributed by atoms with Crippen LogP contribution in [0.2, 0.25) is 0 Å². The third-order valence-corrected chi connectivity index (χ3v) is 8.08. The molecule has 32 heavy (non-hydrogen) atoms. The molecule has 3 aromatic rings. The van der Waals surface area contributed by atoms with Crippen molar-refractivity contribution in [1.29, 1.82) is 4.78 Å². The fourth-order valence-corrected chi connectivity index (χ4v) is 5.81. The maximum Gasteiger partial charge on any atom is 0.342 e. The molecule has 0 bridgehead atoms. The number of nitrogens with zero attached hydrogens (tertiary/aromatic N) is 4. The van der Waals surface area contributed by atoms with Crippen LogP contribution in [0.4, 0.5) is 5.82 Å². The second-order valence-corrected chi connectivity index (χ2v) is 10.9. The first-order chi connectivity index (χ1) is 15.2. The van der Waals surface area contributed by atoms with Crippen LogP contribution in [0.3, 0.4) is 0 Å². The van der Waals surface area contributed by atoms with Crippen molar-refractivity contribution in [3.8, 4) is 5.75 Å². The number of alkyl halides is 1. The Morgan fingerprint density at radius 3 is 2.56 bits per heavy atom. The van der Waals surface area contributed by atoms with Gasteiger partial charge >= 0.3 is 5.69 Å². The largest absolute Gasteiger partial charge is 0.497 e. The summed E-state index contributed by atoms with van der Waals surface area (Å²) >= 11 is 5.68. The third-order valence-electron chi connectivity index (χ3n) is 4.68. The number of hydrogen-bond acceptors (Lipinski definition) is 8.